The van der Waals surface area contributed by atoms with Crippen LogP contribution in [0.1, 0.15) is 36.9 Å². The number of halogens is 1. The van der Waals surface area contributed by atoms with Crippen LogP contribution in [0.5, 0.6) is 0 Å². The maximum absolute atomic E-state index is 6.14. The van der Waals surface area contributed by atoms with Crippen molar-refractivity contribution in [1.29, 1.82) is 0 Å². The molecule has 0 unspecified atom stereocenters. The summed E-state index contributed by atoms with van der Waals surface area (Å²) < 4.78 is 1.95. The van der Waals surface area contributed by atoms with Crippen molar-refractivity contribution in [3.63, 3.8) is 0 Å². The Labute approximate surface area is 161 Å². The summed E-state index contributed by atoms with van der Waals surface area (Å²) in [6, 6.07) is 12.4. The molecule has 1 aliphatic rings. The Morgan fingerprint density at radius 3 is 2.46 bits per heavy atom. The average molecular weight is 439 g/mol. The predicted molar refractivity (Wildman–Crippen MR) is 109 cm³/mol. The van der Waals surface area contributed by atoms with Crippen LogP contribution >= 0.6 is 24.0 Å². The monoisotopic (exact) mass is 439 g/mol. The van der Waals surface area contributed by atoms with Crippen LogP contribution in [0.25, 0.3) is 0 Å². The molecule has 0 saturated carbocycles. The van der Waals surface area contributed by atoms with Crippen molar-refractivity contribution in [1.82, 2.24) is 14.7 Å². The first-order valence-corrected chi connectivity index (χ1v) is 8.42. The van der Waals surface area contributed by atoms with Gasteiger partial charge >= 0.3 is 0 Å². The minimum absolute atomic E-state index is 0. The van der Waals surface area contributed by atoms with Crippen molar-refractivity contribution in [3.8, 4) is 0 Å². The number of hydrogen-bond donors (Lipinski definition) is 1. The number of benzene rings is 1. The smallest absolute Gasteiger partial charge is 0.191 e. The Morgan fingerprint density at radius 2 is 1.75 bits per heavy atom. The Hall–Kier alpha value is -1.57. The molecule has 6 heteroatoms. The number of nitrogens with two attached hydrogens (primary N) is 1. The number of rotatable bonds is 4. The lowest BCUT2D eigenvalue weighted by atomic mass is 10.2. The van der Waals surface area contributed by atoms with E-state index < -0.39 is 0 Å². The van der Waals surface area contributed by atoms with Crippen molar-refractivity contribution >= 4 is 29.9 Å². The van der Waals surface area contributed by atoms with Crippen molar-refractivity contribution in [2.45, 2.75) is 38.8 Å². The van der Waals surface area contributed by atoms with E-state index in [2.05, 4.69) is 27.1 Å². The second-order valence-electron chi connectivity index (χ2n) is 6.07. The Balaban J connectivity index is 0.00000208. The number of aromatic nitrogens is 2. The highest BCUT2D eigenvalue weighted by atomic mass is 127. The summed E-state index contributed by atoms with van der Waals surface area (Å²) in [6.45, 7) is 3.38. The third kappa shape index (κ3) is 5.51. The van der Waals surface area contributed by atoms with Crippen molar-refractivity contribution in [2.24, 2.45) is 10.7 Å². The molecule has 2 heterocycles. The summed E-state index contributed by atoms with van der Waals surface area (Å²) in [7, 11) is 0. The molecule has 3 rings (SSSR count). The molecule has 1 saturated heterocycles. The van der Waals surface area contributed by atoms with Gasteiger partial charge in [0, 0.05) is 19.3 Å². The zero-order valence-electron chi connectivity index (χ0n) is 14.0. The number of guanidine groups is 1. The number of hydrogen-bond acceptors (Lipinski definition) is 2. The van der Waals surface area contributed by atoms with Crippen LogP contribution in [0, 0.1) is 0 Å². The molecule has 0 radical (unpaired) electrons. The molecule has 0 atom stereocenters. The molecule has 0 amide bonds. The quantitative estimate of drug-likeness (QED) is 0.452. The highest BCUT2D eigenvalue weighted by molar-refractivity contribution is 14.0. The number of aliphatic imine (C=N–C) groups is 1. The van der Waals surface area contributed by atoms with E-state index in [0.717, 1.165) is 25.3 Å². The van der Waals surface area contributed by atoms with Crippen molar-refractivity contribution in [2.75, 3.05) is 13.1 Å². The standard InChI is InChI=1S/C18H25N5.HI/c19-18(22-11-6-1-2-7-12-22)20-14-17-10-13-23(21-17)15-16-8-4-3-5-9-16;/h3-5,8-10,13H,1-2,6-7,11-12,14-15H2,(H2,19,20);1H. The molecular formula is C18H26IN5. The Morgan fingerprint density at radius 1 is 1.04 bits per heavy atom. The van der Waals surface area contributed by atoms with Crippen LogP contribution < -0.4 is 5.73 Å². The Bertz CT molecular complexity index is 630. The van der Waals surface area contributed by atoms with Gasteiger partial charge in [0.15, 0.2) is 5.96 Å². The molecule has 0 bridgehead atoms. The van der Waals surface area contributed by atoms with Gasteiger partial charge in [-0.2, -0.15) is 5.10 Å². The van der Waals surface area contributed by atoms with Gasteiger partial charge in [-0.25, -0.2) is 4.99 Å². The first kappa shape index (κ1) is 18.8. The lowest BCUT2D eigenvalue weighted by Crippen LogP contribution is -2.38. The summed E-state index contributed by atoms with van der Waals surface area (Å²) in [5, 5.41) is 4.58. The minimum Gasteiger partial charge on any atom is -0.370 e. The lowest BCUT2D eigenvalue weighted by molar-refractivity contribution is 0.428. The second kappa shape index (κ2) is 9.66. The number of nitrogens with zero attached hydrogens (tertiary/aromatic N) is 4. The van der Waals surface area contributed by atoms with E-state index in [1.807, 2.05) is 35.1 Å². The van der Waals surface area contributed by atoms with E-state index >= 15 is 0 Å². The van der Waals surface area contributed by atoms with Crippen molar-refractivity contribution in [3.05, 3.63) is 53.9 Å². The second-order valence-corrected chi connectivity index (χ2v) is 6.07. The molecule has 130 valence electrons. The molecule has 5 nitrogen and oxygen atoms in total. The fraction of sp³-hybridized carbons (Fsp3) is 0.444. The van der Waals surface area contributed by atoms with Gasteiger partial charge in [-0.1, -0.05) is 43.2 Å². The van der Waals surface area contributed by atoms with Gasteiger partial charge in [-0.05, 0) is 24.5 Å². The molecular weight excluding hydrogens is 413 g/mol. The van der Waals surface area contributed by atoms with Gasteiger partial charge < -0.3 is 10.6 Å². The molecule has 1 fully saturated rings. The fourth-order valence-electron chi connectivity index (χ4n) is 2.91. The molecule has 0 spiro atoms. The van der Waals surface area contributed by atoms with E-state index in [1.165, 1.54) is 31.2 Å². The molecule has 2 N–H and O–H groups in total. The summed E-state index contributed by atoms with van der Waals surface area (Å²) in [6.07, 6.45) is 7.02. The minimum atomic E-state index is 0. The van der Waals surface area contributed by atoms with Crippen LogP contribution in [0.4, 0.5) is 0 Å². The fourth-order valence-corrected chi connectivity index (χ4v) is 2.91. The van der Waals surface area contributed by atoms with Crippen molar-refractivity contribution < 1.29 is 0 Å². The van der Waals surface area contributed by atoms with E-state index in [1.54, 1.807) is 0 Å². The van der Waals surface area contributed by atoms with E-state index in [4.69, 9.17) is 5.73 Å². The normalized spacial score (nSPS) is 15.7. The van der Waals surface area contributed by atoms with Crippen LogP contribution in [0.2, 0.25) is 0 Å². The zero-order chi connectivity index (χ0) is 15.9. The maximum Gasteiger partial charge on any atom is 0.191 e. The summed E-state index contributed by atoms with van der Waals surface area (Å²) in [5.74, 6) is 0.657. The third-order valence-electron chi connectivity index (χ3n) is 4.22. The largest absolute Gasteiger partial charge is 0.370 e. The molecule has 1 aromatic carbocycles. The van der Waals surface area contributed by atoms with E-state index in [0.29, 0.717) is 12.5 Å². The molecule has 2 aromatic rings. The number of likely N-dealkylation sites (tertiary alicyclic amines) is 1. The van der Waals surface area contributed by atoms with Gasteiger partial charge in [0.2, 0.25) is 0 Å². The summed E-state index contributed by atoms with van der Waals surface area (Å²) in [5.41, 5.74) is 8.34. The first-order chi connectivity index (χ1) is 11.3. The predicted octanol–water partition coefficient (Wildman–Crippen LogP) is 3.24. The molecule has 24 heavy (non-hydrogen) atoms. The molecule has 0 aliphatic carbocycles. The summed E-state index contributed by atoms with van der Waals surface area (Å²) in [4.78, 5) is 6.73. The molecule has 1 aliphatic heterocycles. The molecule has 1 aromatic heterocycles. The van der Waals surface area contributed by atoms with E-state index in [9.17, 15) is 0 Å². The van der Waals surface area contributed by atoms with Crippen LogP contribution in [-0.4, -0.2) is 33.7 Å². The summed E-state index contributed by atoms with van der Waals surface area (Å²) >= 11 is 0. The average Bonchev–Trinajstić information content (AvgIpc) is 2.84. The zero-order valence-corrected chi connectivity index (χ0v) is 16.3. The van der Waals surface area contributed by atoms with E-state index in [-0.39, 0.29) is 24.0 Å². The van der Waals surface area contributed by atoms with Crippen LogP contribution in [0.3, 0.4) is 0 Å². The SMILES string of the molecule is I.NC(=NCc1ccn(Cc2ccccc2)n1)N1CCCCCC1. The third-order valence-corrected chi connectivity index (χ3v) is 4.22. The van der Waals surface area contributed by atoms with Gasteiger partial charge in [-0.3, -0.25) is 4.68 Å². The highest BCUT2D eigenvalue weighted by Gasteiger charge is 2.10. The topological polar surface area (TPSA) is 59.4 Å². The van der Waals surface area contributed by atoms with Gasteiger partial charge in [0.25, 0.3) is 0 Å². The Kier molecular flexibility index (Phi) is 7.55. The van der Waals surface area contributed by atoms with Gasteiger partial charge in [0.05, 0.1) is 18.8 Å². The maximum atomic E-state index is 6.14. The van der Waals surface area contributed by atoms with Crippen LogP contribution in [-0.2, 0) is 13.1 Å². The first-order valence-electron chi connectivity index (χ1n) is 8.42. The lowest BCUT2D eigenvalue weighted by Gasteiger charge is -2.20. The van der Waals surface area contributed by atoms with Gasteiger partial charge in [0.1, 0.15) is 0 Å². The highest BCUT2D eigenvalue weighted by Crippen LogP contribution is 2.10. The van der Waals surface area contributed by atoms with Gasteiger partial charge in [-0.15, -0.1) is 24.0 Å². The van der Waals surface area contributed by atoms with Crippen LogP contribution in [0.15, 0.2) is 47.6 Å².